The summed E-state index contributed by atoms with van der Waals surface area (Å²) in [7, 11) is 0. The van der Waals surface area contributed by atoms with E-state index in [2.05, 4.69) is 69.2 Å². The number of halogens is 2. The SMILES string of the molecule is CC.Cc1ccc(CC(CCl)NCc2nc(C)ncc2Br)c(C)c1.NO. The molecule has 26 heavy (non-hydrogen) atoms. The van der Waals surface area contributed by atoms with Gasteiger partial charge in [0.05, 0.1) is 10.2 Å². The fourth-order valence-corrected chi connectivity index (χ4v) is 2.94. The summed E-state index contributed by atoms with van der Waals surface area (Å²) in [5.41, 5.74) is 4.90. The molecule has 5 nitrogen and oxygen atoms in total. The molecule has 0 spiro atoms. The van der Waals surface area contributed by atoms with Crippen molar-refractivity contribution in [3.05, 3.63) is 57.1 Å². The Hall–Kier alpha value is -1.05. The molecule has 4 N–H and O–H groups in total. The van der Waals surface area contributed by atoms with E-state index in [1.54, 1.807) is 6.20 Å². The number of aryl methyl sites for hydroxylation is 3. The lowest BCUT2D eigenvalue weighted by Gasteiger charge is -2.18. The van der Waals surface area contributed by atoms with Gasteiger partial charge in [0.15, 0.2) is 0 Å². The molecule has 7 heteroatoms. The standard InChI is InChI=1S/C17H21BrClN3.C2H6.H3NO/c1-11-4-5-14(12(2)6-11)7-15(8-19)21-10-17-16(18)9-20-13(3)22-17;2*1-2/h4-6,9,15,21H,7-8,10H2,1-3H3;1-2H3;2H,1H2. The van der Waals surface area contributed by atoms with Crippen molar-refractivity contribution in [2.75, 3.05) is 5.88 Å². The van der Waals surface area contributed by atoms with Crippen molar-refractivity contribution in [2.45, 2.75) is 53.6 Å². The van der Waals surface area contributed by atoms with Gasteiger partial charge in [0.2, 0.25) is 0 Å². The Balaban J connectivity index is 0.00000146. The van der Waals surface area contributed by atoms with Crippen LogP contribution in [0.2, 0.25) is 0 Å². The molecule has 2 rings (SSSR count). The summed E-state index contributed by atoms with van der Waals surface area (Å²) in [4.78, 5) is 8.61. The average Bonchev–Trinajstić information content (AvgIpc) is 2.66. The molecule has 2 aromatic rings. The maximum absolute atomic E-state index is 6.50. The molecule has 1 aromatic heterocycles. The number of alkyl halides is 1. The first-order valence-electron chi connectivity index (χ1n) is 8.59. The van der Waals surface area contributed by atoms with E-state index in [4.69, 9.17) is 16.8 Å². The zero-order chi connectivity index (χ0) is 20.1. The van der Waals surface area contributed by atoms with Gasteiger partial charge in [0, 0.05) is 24.7 Å². The highest BCUT2D eigenvalue weighted by Gasteiger charge is 2.11. The number of hydrogen-bond donors (Lipinski definition) is 3. The molecule has 1 unspecified atom stereocenters. The Kier molecular flexibility index (Phi) is 13.5. The average molecular weight is 446 g/mol. The minimum absolute atomic E-state index is 0.213. The van der Waals surface area contributed by atoms with Gasteiger partial charge in [-0.1, -0.05) is 37.6 Å². The highest BCUT2D eigenvalue weighted by molar-refractivity contribution is 9.10. The zero-order valence-corrected chi connectivity index (χ0v) is 18.5. The van der Waals surface area contributed by atoms with Crippen LogP contribution in [0.25, 0.3) is 0 Å². The summed E-state index contributed by atoms with van der Waals surface area (Å²) in [6, 6.07) is 6.77. The number of aromatic nitrogens is 2. The van der Waals surface area contributed by atoms with Crippen LogP contribution in [0.15, 0.2) is 28.9 Å². The van der Waals surface area contributed by atoms with Gasteiger partial charge < -0.3 is 10.5 Å². The lowest BCUT2D eigenvalue weighted by atomic mass is 10.00. The molecule has 0 fully saturated rings. The van der Waals surface area contributed by atoms with Gasteiger partial charge in [-0.05, 0) is 54.2 Å². The van der Waals surface area contributed by atoms with Gasteiger partial charge in [-0.3, -0.25) is 0 Å². The molecule has 0 bridgehead atoms. The summed E-state index contributed by atoms with van der Waals surface area (Å²) in [5, 5.41) is 9.99. The van der Waals surface area contributed by atoms with Crippen molar-refractivity contribution in [2.24, 2.45) is 5.90 Å². The monoisotopic (exact) mass is 444 g/mol. The third-order valence-corrected chi connectivity index (χ3v) is 4.68. The van der Waals surface area contributed by atoms with Crippen LogP contribution in [0.4, 0.5) is 0 Å². The molecule has 0 radical (unpaired) electrons. The van der Waals surface area contributed by atoms with Crippen molar-refractivity contribution in [1.82, 2.24) is 15.3 Å². The van der Waals surface area contributed by atoms with Gasteiger partial charge in [-0.15, -0.1) is 11.6 Å². The van der Waals surface area contributed by atoms with Crippen LogP contribution < -0.4 is 11.2 Å². The van der Waals surface area contributed by atoms with Crippen LogP contribution >= 0.6 is 27.5 Å². The van der Waals surface area contributed by atoms with Crippen LogP contribution in [0, 0.1) is 20.8 Å². The first kappa shape index (κ1) is 24.9. The second-order valence-corrected chi connectivity index (χ2v) is 6.74. The van der Waals surface area contributed by atoms with Crippen molar-refractivity contribution in [3.8, 4) is 0 Å². The lowest BCUT2D eigenvalue weighted by Crippen LogP contribution is -2.33. The number of benzene rings is 1. The quantitative estimate of drug-likeness (QED) is 0.451. The molecule has 0 aliphatic heterocycles. The molecule has 1 aromatic carbocycles. The number of rotatable bonds is 6. The summed E-state index contributed by atoms with van der Waals surface area (Å²) in [5.74, 6) is 4.84. The largest absolute Gasteiger partial charge is 0.320 e. The molecule has 0 saturated carbocycles. The fraction of sp³-hybridized carbons (Fsp3) is 0.474. The maximum Gasteiger partial charge on any atom is 0.125 e. The summed E-state index contributed by atoms with van der Waals surface area (Å²) in [6.07, 6.45) is 2.70. The van der Waals surface area contributed by atoms with Gasteiger partial charge in [-0.2, -0.15) is 0 Å². The maximum atomic E-state index is 6.50. The van der Waals surface area contributed by atoms with Crippen molar-refractivity contribution in [1.29, 1.82) is 0 Å². The number of nitrogens with one attached hydrogen (secondary N) is 1. The van der Waals surface area contributed by atoms with E-state index in [-0.39, 0.29) is 6.04 Å². The third kappa shape index (κ3) is 8.56. The fourth-order valence-electron chi connectivity index (χ4n) is 2.39. The molecular formula is C19H30BrClN4O. The first-order chi connectivity index (χ1) is 12.5. The molecule has 0 amide bonds. The predicted octanol–water partition coefficient (Wildman–Crippen LogP) is 4.46. The minimum atomic E-state index is 0.213. The molecule has 1 heterocycles. The van der Waals surface area contributed by atoms with Gasteiger partial charge in [0.1, 0.15) is 5.82 Å². The van der Waals surface area contributed by atoms with E-state index in [0.717, 1.165) is 22.4 Å². The van der Waals surface area contributed by atoms with Gasteiger partial charge >= 0.3 is 0 Å². The van der Waals surface area contributed by atoms with E-state index >= 15 is 0 Å². The van der Waals surface area contributed by atoms with E-state index in [1.807, 2.05) is 20.8 Å². The number of nitrogens with two attached hydrogens (primary N) is 1. The lowest BCUT2D eigenvalue weighted by molar-refractivity contribution is 0.311. The number of hydrogen-bond acceptors (Lipinski definition) is 5. The molecule has 0 aliphatic rings. The second-order valence-electron chi connectivity index (χ2n) is 5.58. The Morgan fingerprint density at radius 2 is 1.88 bits per heavy atom. The third-order valence-electron chi connectivity index (χ3n) is 3.65. The molecule has 0 aliphatic carbocycles. The van der Waals surface area contributed by atoms with Crippen LogP contribution in [0.3, 0.4) is 0 Å². The molecule has 146 valence electrons. The van der Waals surface area contributed by atoms with Gasteiger partial charge in [0.25, 0.3) is 0 Å². The van der Waals surface area contributed by atoms with Crippen LogP contribution in [-0.4, -0.2) is 27.1 Å². The Bertz CT molecular complexity index is 655. The van der Waals surface area contributed by atoms with Crippen LogP contribution in [0.1, 0.15) is 42.1 Å². The smallest absolute Gasteiger partial charge is 0.125 e. The zero-order valence-electron chi connectivity index (χ0n) is 16.2. The Labute approximate surface area is 170 Å². The highest BCUT2D eigenvalue weighted by atomic mass is 79.9. The summed E-state index contributed by atoms with van der Waals surface area (Å²) < 4.78 is 0.922. The first-order valence-corrected chi connectivity index (χ1v) is 9.91. The van der Waals surface area contributed by atoms with E-state index in [0.29, 0.717) is 12.4 Å². The van der Waals surface area contributed by atoms with E-state index in [9.17, 15) is 0 Å². The van der Waals surface area contributed by atoms with Crippen molar-refractivity contribution >= 4 is 27.5 Å². The second kappa shape index (κ2) is 14.1. The molecular weight excluding hydrogens is 416 g/mol. The van der Waals surface area contributed by atoms with E-state index < -0.39 is 0 Å². The normalized spacial score (nSPS) is 11.0. The van der Waals surface area contributed by atoms with Crippen molar-refractivity contribution in [3.63, 3.8) is 0 Å². The summed E-state index contributed by atoms with van der Waals surface area (Å²) in [6.45, 7) is 10.8. The topological polar surface area (TPSA) is 84.1 Å². The van der Waals surface area contributed by atoms with Crippen LogP contribution in [-0.2, 0) is 13.0 Å². The van der Waals surface area contributed by atoms with Crippen LogP contribution in [0.5, 0.6) is 0 Å². The summed E-state index contributed by atoms with van der Waals surface area (Å²) >= 11 is 9.62. The Morgan fingerprint density at radius 3 is 2.46 bits per heavy atom. The van der Waals surface area contributed by atoms with Crippen molar-refractivity contribution < 1.29 is 5.21 Å². The van der Waals surface area contributed by atoms with E-state index in [1.165, 1.54) is 16.7 Å². The predicted molar refractivity (Wildman–Crippen MR) is 113 cm³/mol. The van der Waals surface area contributed by atoms with Gasteiger partial charge in [-0.25, -0.2) is 15.9 Å². The minimum Gasteiger partial charge on any atom is -0.320 e. The highest BCUT2D eigenvalue weighted by Crippen LogP contribution is 2.15. The molecule has 0 saturated heterocycles. The molecule has 1 atom stereocenters. The number of nitrogens with zero attached hydrogens (tertiary/aromatic N) is 2. The Morgan fingerprint density at radius 1 is 1.23 bits per heavy atom.